The molecule has 3 rings (SSSR count). The van der Waals surface area contributed by atoms with Crippen molar-refractivity contribution in [3.63, 3.8) is 0 Å². The van der Waals surface area contributed by atoms with Gasteiger partial charge in [-0.05, 0) is 12.8 Å². The van der Waals surface area contributed by atoms with Gasteiger partial charge in [0, 0.05) is 12.2 Å². The number of hydrogen-bond acceptors (Lipinski definition) is 3. The van der Waals surface area contributed by atoms with Crippen molar-refractivity contribution in [3.8, 4) is 0 Å². The van der Waals surface area contributed by atoms with E-state index in [0.717, 1.165) is 5.69 Å². The van der Waals surface area contributed by atoms with Crippen molar-refractivity contribution in [1.82, 2.24) is 19.3 Å². The van der Waals surface area contributed by atoms with E-state index in [0.29, 0.717) is 12.6 Å². The van der Waals surface area contributed by atoms with Crippen molar-refractivity contribution in [2.45, 2.75) is 25.4 Å². The van der Waals surface area contributed by atoms with E-state index in [1.165, 1.54) is 25.2 Å². The maximum atomic E-state index is 10.7. The van der Waals surface area contributed by atoms with E-state index in [4.69, 9.17) is 5.11 Å². The lowest BCUT2D eigenvalue weighted by molar-refractivity contribution is 0.0697. The van der Waals surface area contributed by atoms with E-state index >= 15 is 0 Å². The molecule has 0 aliphatic heterocycles. The van der Waals surface area contributed by atoms with Crippen molar-refractivity contribution in [2.24, 2.45) is 0 Å². The zero-order valence-electron chi connectivity index (χ0n) is 9.15. The van der Waals surface area contributed by atoms with Gasteiger partial charge in [0.05, 0.1) is 36.5 Å². The first-order valence-electron chi connectivity index (χ1n) is 5.50. The number of aromatic nitrogens is 4. The van der Waals surface area contributed by atoms with Crippen LogP contribution in [0.15, 0.2) is 24.9 Å². The minimum Gasteiger partial charge on any atom is -0.478 e. The Kier molecular flexibility index (Phi) is 2.21. The Balaban J connectivity index is 1.81. The first-order valence-corrected chi connectivity index (χ1v) is 5.50. The van der Waals surface area contributed by atoms with Gasteiger partial charge in [-0.25, -0.2) is 9.78 Å². The van der Waals surface area contributed by atoms with Gasteiger partial charge in [0.25, 0.3) is 0 Å². The maximum absolute atomic E-state index is 10.7. The van der Waals surface area contributed by atoms with Crippen molar-refractivity contribution >= 4 is 5.97 Å². The normalized spacial score (nSPS) is 15.1. The molecule has 2 aromatic heterocycles. The van der Waals surface area contributed by atoms with Crippen LogP contribution in [0.1, 0.15) is 34.9 Å². The second-order valence-corrected chi connectivity index (χ2v) is 4.26. The number of carboxylic acids is 1. The summed E-state index contributed by atoms with van der Waals surface area (Å²) in [4.78, 5) is 14.9. The first kappa shape index (κ1) is 10.1. The van der Waals surface area contributed by atoms with Crippen molar-refractivity contribution in [2.75, 3.05) is 0 Å². The smallest absolute Gasteiger partial charge is 0.338 e. The van der Waals surface area contributed by atoms with E-state index in [1.54, 1.807) is 10.9 Å². The number of rotatable bonds is 4. The highest BCUT2D eigenvalue weighted by Crippen LogP contribution is 2.35. The molecule has 0 saturated heterocycles. The lowest BCUT2D eigenvalue weighted by Gasteiger charge is -2.05. The molecule has 17 heavy (non-hydrogen) atoms. The van der Waals surface area contributed by atoms with Crippen LogP contribution in [0, 0.1) is 0 Å². The summed E-state index contributed by atoms with van der Waals surface area (Å²) in [7, 11) is 0. The second kappa shape index (κ2) is 3.73. The highest BCUT2D eigenvalue weighted by atomic mass is 16.4. The minimum absolute atomic E-state index is 0.211. The second-order valence-electron chi connectivity index (χ2n) is 4.26. The molecule has 0 spiro atoms. The Bertz CT molecular complexity index is 553. The van der Waals surface area contributed by atoms with Gasteiger partial charge in [-0.2, -0.15) is 5.10 Å². The van der Waals surface area contributed by atoms with E-state index < -0.39 is 5.97 Å². The van der Waals surface area contributed by atoms with Crippen LogP contribution in [0.5, 0.6) is 0 Å². The van der Waals surface area contributed by atoms with Crippen LogP contribution in [-0.2, 0) is 6.54 Å². The molecule has 0 unspecified atom stereocenters. The molecule has 2 aromatic rings. The monoisotopic (exact) mass is 232 g/mol. The predicted octanol–water partition coefficient (Wildman–Crippen LogP) is 1.16. The van der Waals surface area contributed by atoms with Gasteiger partial charge in [-0.15, -0.1) is 0 Å². The number of hydrogen-bond donors (Lipinski definition) is 1. The zero-order chi connectivity index (χ0) is 11.8. The Hall–Kier alpha value is -2.11. The minimum atomic E-state index is -0.952. The molecule has 0 amide bonds. The summed E-state index contributed by atoms with van der Waals surface area (Å²) in [5, 5.41) is 12.8. The fourth-order valence-corrected chi connectivity index (χ4v) is 1.86. The van der Waals surface area contributed by atoms with Crippen LogP contribution >= 0.6 is 0 Å². The number of imidazole rings is 1. The third-order valence-corrected chi connectivity index (χ3v) is 2.89. The van der Waals surface area contributed by atoms with E-state index in [2.05, 4.69) is 14.6 Å². The van der Waals surface area contributed by atoms with Gasteiger partial charge in [0.1, 0.15) is 0 Å². The lowest BCUT2D eigenvalue weighted by Crippen LogP contribution is -2.06. The van der Waals surface area contributed by atoms with Crippen LogP contribution < -0.4 is 0 Å². The number of aromatic carboxylic acids is 1. The third-order valence-electron chi connectivity index (χ3n) is 2.89. The number of nitrogens with zero attached hydrogens (tertiary/aromatic N) is 4. The molecule has 2 heterocycles. The number of carboxylic acid groups (broad SMARTS) is 1. The molecular weight excluding hydrogens is 220 g/mol. The Labute approximate surface area is 97.5 Å². The average molecular weight is 232 g/mol. The molecule has 1 aliphatic rings. The first-order chi connectivity index (χ1) is 8.24. The van der Waals surface area contributed by atoms with Crippen LogP contribution in [0.25, 0.3) is 0 Å². The Morgan fingerprint density at radius 1 is 1.47 bits per heavy atom. The molecule has 1 aliphatic carbocycles. The third kappa shape index (κ3) is 1.93. The van der Waals surface area contributed by atoms with Gasteiger partial charge in [0.2, 0.25) is 0 Å². The summed E-state index contributed by atoms with van der Waals surface area (Å²) < 4.78 is 3.77. The Morgan fingerprint density at radius 3 is 2.94 bits per heavy atom. The topological polar surface area (TPSA) is 72.9 Å². The molecular formula is C11H12N4O2. The molecule has 1 N–H and O–H groups in total. The van der Waals surface area contributed by atoms with Crippen LogP contribution in [0.4, 0.5) is 0 Å². The summed E-state index contributed by atoms with van der Waals surface area (Å²) in [6.45, 7) is 0.559. The summed E-state index contributed by atoms with van der Waals surface area (Å²) in [6, 6.07) is 0.571. The predicted molar refractivity (Wildman–Crippen MR) is 58.8 cm³/mol. The molecule has 6 nitrogen and oxygen atoms in total. The van der Waals surface area contributed by atoms with E-state index in [-0.39, 0.29) is 5.56 Å². The van der Waals surface area contributed by atoms with Crippen LogP contribution in [0.2, 0.25) is 0 Å². The Morgan fingerprint density at radius 2 is 2.29 bits per heavy atom. The quantitative estimate of drug-likeness (QED) is 0.858. The molecule has 0 aromatic carbocycles. The largest absolute Gasteiger partial charge is 0.478 e. The highest BCUT2D eigenvalue weighted by Gasteiger charge is 2.25. The molecule has 6 heteroatoms. The molecule has 1 fully saturated rings. The summed E-state index contributed by atoms with van der Waals surface area (Å²) in [5.74, 6) is -0.952. The average Bonchev–Trinajstić information content (AvgIpc) is 2.86. The van der Waals surface area contributed by atoms with Crippen molar-refractivity contribution in [3.05, 3.63) is 36.2 Å². The van der Waals surface area contributed by atoms with Gasteiger partial charge in [-0.3, -0.25) is 4.68 Å². The van der Waals surface area contributed by atoms with E-state index in [1.807, 2.05) is 6.33 Å². The van der Waals surface area contributed by atoms with E-state index in [9.17, 15) is 4.79 Å². The lowest BCUT2D eigenvalue weighted by atomic mass is 10.4. The van der Waals surface area contributed by atoms with Crippen LogP contribution in [-0.4, -0.2) is 30.4 Å². The SMILES string of the molecule is O=C(O)c1cnn(Cc2cncn2C2CC2)c1. The van der Waals surface area contributed by atoms with Gasteiger partial charge >= 0.3 is 5.97 Å². The van der Waals surface area contributed by atoms with Crippen molar-refractivity contribution < 1.29 is 9.90 Å². The van der Waals surface area contributed by atoms with Crippen LogP contribution in [0.3, 0.4) is 0 Å². The molecule has 1 saturated carbocycles. The fraction of sp³-hybridized carbons (Fsp3) is 0.364. The van der Waals surface area contributed by atoms with Gasteiger partial charge < -0.3 is 9.67 Å². The summed E-state index contributed by atoms with van der Waals surface area (Å²) in [5.41, 5.74) is 1.27. The molecule has 88 valence electrons. The molecule has 0 bridgehead atoms. The summed E-state index contributed by atoms with van der Waals surface area (Å²) >= 11 is 0. The molecule has 0 atom stereocenters. The maximum Gasteiger partial charge on any atom is 0.338 e. The summed E-state index contributed by atoms with van der Waals surface area (Å²) in [6.07, 6.45) is 8.92. The van der Waals surface area contributed by atoms with Crippen molar-refractivity contribution in [1.29, 1.82) is 0 Å². The number of carbonyl (C=O) groups is 1. The zero-order valence-corrected chi connectivity index (χ0v) is 9.15. The van der Waals surface area contributed by atoms with Gasteiger partial charge in [0.15, 0.2) is 0 Å². The van der Waals surface area contributed by atoms with Gasteiger partial charge in [-0.1, -0.05) is 0 Å². The molecule has 0 radical (unpaired) electrons. The standard InChI is InChI=1S/C11H12N4O2/c16-11(17)8-3-13-14(5-8)6-10-4-12-7-15(10)9-1-2-9/h3-5,7,9H,1-2,6H2,(H,16,17). The fourth-order valence-electron chi connectivity index (χ4n) is 1.86. The highest BCUT2D eigenvalue weighted by molar-refractivity contribution is 5.86.